The maximum absolute atomic E-state index is 11.7. The second-order valence-electron chi connectivity index (χ2n) is 4.06. The molecule has 3 rings (SSSR count). The SMILES string of the molecule is O=C1CC(S)CN1c1ccc2oc(=O)[nH]c2c1. The number of aromatic amines is 1. The zero-order chi connectivity index (χ0) is 12.0. The van der Waals surface area contributed by atoms with Gasteiger partial charge in [-0.25, -0.2) is 4.79 Å². The molecule has 5 nitrogen and oxygen atoms in total. The number of hydrogen-bond donors (Lipinski definition) is 2. The Labute approximate surface area is 102 Å². The van der Waals surface area contributed by atoms with Crippen LogP contribution in [0.15, 0.2) is 27.4 Å². The van der Waals surface area contributed by atoms with E-state index < -0.39 is 5.76 Å². The van der Waals surface area contributed by atoms with E-state index in [0.29, 0.717) is 24.1 Å². The first kappa shape index (κ1) is 10.5. The Hall–Kier alpha value is -1.69. The third-order valence-electron chi connectivity index (χ3n) is 2.82. The van der Waals surface area contributed by atoms with Crippen LogP contribution < -0.4 is 10.7 Å². The van der Waals surface area contributed by atoms with Gasteiger partial charge in [0, 0.05) is 23.9 Å². The highest BCUT2D eigenvalue weighted by atomic mass is 32.1. The molecule has 0 spiro atoms. The van der Waals surface area contributed by atoms with E-state index in [0.717, 1.165) is 5.69 Å². The number of H-pyrrole nitrogens is 1. The summed E-state index contributed by atoms with van der Waals surface area (Å²) in [4.78, 5) is 27.0. The Balaban J connectivity index is 2.06. The fraction of sp³-hybridized carbons (Fsp3) is 0.273. The van der Waals surface area contributed by atoms with Crippen LogP contribution in [0.2, 0.25) is 0 Å². The van der Waals surface area contributed by atoms with E-state index in [1.165, 1.54) is 0 Å². The molecule has 6 heteroatoms. The van der Waals surface area contributed by atoms with Crippen LogP contribution in [-0.2, 0) is 4.79 Å². The van der Waals surface area contributed by atoms with Crippen LogP contribution in [0.4, 0.5) is 5.69 Å². The van der Waals surface area contributed by atoms with Gasteiger partial charge >= 0.3 is 5.76 Å². The number of aromatic nitrogens is 1. The Morgan fingerprint density at radius 1 is 1.41 bits per heavy atom. The lowest BCUT2D eigenvalue weighted by Crippen LogP contribution is -2.24. The van der Waals surface area contributed by atoms with Crippen molar-refractivity contribution in [1.82, 2.24) is 4.98 Å². The Kier molecular flexibility index (Phi) is 2.25. The predicted molar refractivity (Wildman–Crippen MR) is 66.6 cm³/mol. The lowest BCUT2D eigenvalue weighted by Gasteiger charge is -2.15. The number of thiol groups is 1. The summed E-state index contributed by atoms with van der Waals surface area (Å²) in [5.41, 5.74) is 1.85. The van der Waals surface area contributed by atoms with Gasteiger partial charge in [-0.1, -0.05) is 0 Å². The topological polar surface area (TPSA) is 66.3 Å². The number of oxazole rings is 1. The Morgan fingerprint density at radius 2 is 2.24 bits per heavy atom. The maximum Gasteiger partial charge on any atom is 0.417 e. The van der Waals surface area contributed by atoms with Crippen molar-refractivity contribution >= 4 is 35.3 Å². The van der Waals surface area contributed by atoms with Crippen molar-refractivity contribution in [2.45, 2.75) is 11.7 Å². The molecule has 1 aromatic heterocycles. The van der Waals surface area contributed by atoms with Gasteiger partial charge in [-0.15, -0.1) is 0 Å². The number of fused-ring (bicyclic) bond motifs is 1. The summed E-state index contributed by atoms with van der Waals surface area (Å²) in [5.74, 6) is -0.438. The molecule has 0 radical (unpaired) electrons. The van der Waals surface area contributed by atoms with Crippen LogP contribution in [0.25, 0.3) is 11.1 Å². The predicted octanol–water partition coefficient (Wildman–Crippen LogP) is 1.16. The monoisotopic (exact) mass is 250 g/mol. The number of nitrogens with zero attached hydrogens (tertiary/aromatic N) is 1. The van der Waals surface area contributed by atoms with E-state index in [4.69, 9.17) is 4.42 Å². The smallest absolute Gasteiger partial charge is 0.408 e. The standard InChI is InChI=1S/C11H10N2O3S/c14-10-4-7(17)5-13(10)6-1-2-9-8(3-6)12-11(15)16-9/h1-3,7,17H,4-5H2,(H,12,15). The summed E-state index contributed by atoms with van der Waals surface area (Å²) in [6.07, 6.45) is 0.447. The van der Waals surface area contributed by atoms with Crippen LogP contribution >= 0.6 is 12.6 Å². The van der Waals surface area contributed by atoms with Crippen molar-refractivity contribution in [3.05, 3.63) is 28.7 Å². The zero-order valence-corrected chi connectivity index (χ0v) is 9.74. The molecule has 1 fully saturated rings. The molecule has 1 aliphatic rings. The quantitative estimate of drug-likeness (QED) is 0.746. The van der Waals surface area contributed by atoms with Crippen LogP contribution in [0, 0.1) is 0 Å². The highest BCUT2D eigenvalue weighted by Crippen LogP contribution is 2.26. The number of carbonyl (C=O) groups excluding carboxylic acids is 1. The lowest BCUT2D eigenvalue weighted by molar-refractivity contribution is -0.117. The second kappa shape index (κ2) is 3.66. The van der Waals surface area contributed by atoms with E-state index in [1.807, 2.05) is 0 Å². The van der Waals surface area contributed by atoms with Gasteiger partial charge in [-0.2, -0.15) is 12.6 Å². The number of hydrogen-bond acceptors (Lipinski definition) is 4. The Bertz CT molecular complexity index is 645. The number of rotatable bonds is 1. The van der Waals surface area contributed by atoms with Crippen LogP contribution in [0.1, 0.15) is 6.42 Å². The lowest BCUT2D eigenvalue weighted by atomic mass is 10.2. The van der Waals surface area contributed by atoms with Crippen LogP contribution in [-0.4, -0.2) is 22.7 Å². The molecule has 1 aliphatic heterocycles. The van der Waals surface area contributed by atoms with Gasteiger partial charge in [-0.05, 0) is 18.2 Å². The summed E-state index contributed by atoms with van der Waals surface area (Å²) in [6, 6.07) is 5.19. The molecule has 1 unspecified atom stereocenters. The van der Waals surface area contributed by atoms with Crippen molar-refractivity contribution in [3.8, 4) is 0 Å². The largest absolute Gasteiger partial charge is 0.417 e. The van der Waals surface area contributed by atoms with Crippen molar-refractivity contribution in [1.29, 1.82) is 0 Å². The fourth-order valence-electron chi connectivity index (χ4n) is 2.05. The van der Waals surface area contributed by atoms with Gasteiger partial charge in [0.25, 0.3) is 0 Å². The van der Waals surface area contributed by atoms with Crippen molar-refractivity contribution < 1.29 is 9.21 Å². The van der Waals surface area contributed by atoms with Gasteiger partial charge in [0.15, 0.2) is 5.58 Å². The molecule has 0 aliphatic carbocycles. The van der Waals surface area contributed by atoms with Gasteiger partial charge in [-0.3, -0.25) is 9.78 Å². The number of benzene rings is 1. The summed E-state index contributed by atoms with van der Waals surface area (Å²) in [6.45, 7) is 0.593. The van der Waals surface area contributed by atoms with Gasteiger partial charge in [0.1, 0.15) is 0 Å². The average molecular weight is 250 g/mol. The fourth-order valence-corrected chi connectivity index (χ4v) is 2.37. The van der Waals surface area contributed by atoms with E-state index in [-0.39, 0.29) is 11.2 Å². The number of anilines is 1. The number of carbonyl (C=O) groups is 1. The minimum absolute atomic E-state index is 0.0511. The van der Waals surface area contributed by atoms with Crippen molar-refractivity contribution in [2.24, 2.45) is 0 Å². The van der Waals surface area contributed by atoms with Gasteiger partial charge < -0.3 is 9.32 Å². The molecule has 0 saturated carbocycles. The average Bonchev–Trinajstić information content (AvgIpc) is 2.78. The van der Waals surface area contributed by atoms with Crippen molar-refractivity contribution in [3.63, 3.8) is 0 Å². The normalized spacial score (nSPS) is 20.4. The molecule has 1 amide bonds. The zero-order valence-electron chi connectivity index (χ0n) is 8.84. The minimum atomic E-state index is -0.489. The second-order valence-corrected chi connectivity index (χ2v) is 4.79. The molecule has 17 heavy (non-hydrogen) atoms. The third-order valence-corrected chi connectivity index (χ3v) is 3.16. The molecule has 2 heterocycles. The number of nitrogens with one attached hydrogen (secondary N) is 1. The molecule has 1 saturated heterocycles. The molecule has 1 aromatic carbocycles. The summed E-state index contributed by atoms with van der Waals surface area (Å²) in [7, 11) is 0. The summed E-state index contributed by atoms with van der Waals surface area (Å²) < 4.78 is 4.90. The minimum Gasteiger partial charge on any atom is -0.408 e. The van der Waals surface area contributed by atoms with E-state index in [2.05, 4.69) is 17.6 Å². The summed E-state index contributed by atoms with van der Waals surface area (Å²) in [5, 5.41) is 0.0709. The van der Waals surface area contributed by atoms with Gasteiger partial charge in [0.05, 0.1) is 5.52 Å². The van der Waals surface area contributed by atoms with E-state index >= 15 is 0 Å². The molecule has 0 bridgehead atoms. The molecule has 2 aromatic rings. The van der Waals surface area contributed by atoms with Crippen LogP contribution in [0.3, 0.4) is 0 Å². The molecule has 1 atom stereocenters. The first-order chi connectivity index (χ1) is 8.13. The third kappa shape index (κ3) is 1.74. The molecule has 1 N–H and O–H groups in total. The van der Waals surface area contributed by atoms with E-state index in [9.17, 15) is 9.59 Å². The van der Waals surface area contributed by atoms with E-state index in [1.54, 1.807) is 23.1 Å². The van der Waals surface area contributed by atoms with Crippen LogP contribution in [0.5, 0.6) is 0 Å². The summed E-state index contributed by atoms with van der Waals surface area (Å²) >= 11 is 4.30. The molecule has 88 valence electrons. The maximum atomic E-state index is 11.7. The van der Waals surface area contributed by atoms with Gasteiger partial charge in [0.2, 0.25) is 5.91 Å². The first-order valence-corrected chi connectivity index (χ1v) is 5.76. The molecular formula is C11H10N2O3S. The Morgan fingerprint density at radius 3 is 2.94 bits per heavy atom. The highest BCUT2D eigenvalue weighted by Gasteiger charge is 2.28. The number of amides is 1. The first-order valence-electron chi connectivity index (χ1n) is 5.25. The van der Waals surface area contributed by atoms with Crippen molar-refractivity contribution in [2.75, 3.05) is 11.4 Å². The molecular weight excluding hydrogens is 240 g/mol. The highest BCUT2D eigenvalue weighted by molar-refractivity contribution is 7.81.